The Labute approximate surface area is 151 Å². The van der Waals surface area contributed by atoms with Gasteiger partial charge in [-0.1, -0.05) is 30.9 Å². The quantitative estimate of drug-likeness (QED) is 0.819. The number of hydrogen-bond acceptors (Lipinski definition) is 5. The van der Waals surface area contributed by atoms with Crippen molar-refractivity contribution in [2.45, 2.75) is 44.7 Å². The van der Waals surface area contributed by atoms with Crippen LogP contribution in [0.4, 0.5) is 0 Å². The van der Waals surface area contributed by atoms with E-state index in [4.69, 9.17) is 17.3 Å². The smallest absolute Gasteiger partial charge is 0.243 e. The Morgan fingerprint density at radius 1 is 1.28 bits per heavy atom. The van der Waals surface area contributed by atoms with Crippen LogP contribution in [0.25, 0.3) is 11.4 Å². The molecular formula is C17H23ClN6O. The summed E-state index contributed by atoms with van der Waals surface area (Å²) in [4.78, 5) is 13.6. The van der Waals surface area contributed by atoms with Gasteiger partial charge in [-0.3, -0.25) is 4.79 Å². The largest absolute Gasteiger partial charge is 0.350 e. The SMILES string of the molecule is NCC(NC(=O)Cn1nnc(-c2ccc(Cl)cc2)n1)C1CCCCC1. The van der Waals surface area contributed by atoms with Gasteiger partial charge in [0.25, 0.3) is 0 Å². The summed E-state index contributed by atoms with van der Waals surface area (Å²) in [6, 6.07) is 7.18. The van der Waals surface area contributed by atoms with Crippen molar-refractivity contribution in [1.29, 1.82) is 0 Å². The first kappa shape index (κ1) is 17.8. The average Bonchev–Trinajstić information content (AvgIpc) is 3.09. The van der Waals surface area contributed by atoms with Gasteiger partial charge in [-0.2, -0.15) is 4.80 Å². The molecule has 2 aromatic rings. The topological polar surface area (TPSA) is 98.7 Å². The Kier molecular flexibility index (Phi) is 5.99. The van der Waals surface area contributed by atoms with Crippen LogP contribution in [0.3, 0.4) is 0 Å². The summed E-state index contributed by atoms with van der Waals surface area (Å²) >= 11 is 5.87. The highest BCUT2D eigenvalue weighted by Gasteiger charge is 2.24. The minimum absolute atomic E-state index is 0.0204. The molecule has 0 saturated heterocycles. The van der Waals surface area contributed by atoms with Crippen LogP contribution in [0, 0.1) is 5.92 Å². The van der Waals surface area contributed by atoms with Crippen molar-refractivity contribution in [1.82, 2.24) is 25.5 Å². The zero-order valence-corrected chi connectivity index (χ0v) is 14.8. The number of rotatable bonds is 6. The molecule has 1 unspecified atom stereocenters. The van der Waals surface area contributed by atoms with Crippen molar-refractivity contribution in [3.05, 3.63) is 29.3 Å². The Morgan fingerprint density at radius 2 is 2.00 bits per heavy atom. The summed E-state index contributed by atoms with van der Waals surface area (Å²) in [5.74, 6) is 0.796. The minimum Gasteiger partial charge on any atom is -0.350 e. The van der Waals surface area contributed by atoms with E-state index in [1.165, 1.54) is 24.1 Å². The number of tetrazole rings is 1. The molecule has 1 aromatic heterocycles. The van der Waals surface area contributed by atoms with E-state index in [9.17, 15) is 4.79 Å². The number of nitrogens with zero attached hydrogens (tertiary/aromatic N) is 4. The van der Waals surface area contributed by atoms with Gasteiger partial charge in [0.05, 0.1) is 0 Å². The molecule has 1 aliphatic rings. The van der Waals surface area contributed by atoms with Gasteiger partial charge in [-0.15, -0.1) is 10.2 Å². The van der Waals surface area contributed by atoms with E-state index in [1.807, 2.05) is 12.1 Å². The molecule has 7 nitrogen and oxygen atoms in total. The van der Waals surface area contributed by atoms with E-state index in [2.05, 4.69) is 20.7 Å². The highest BCUT2D eigenvalue weighted by molar-refractivity contribution is 6.30. The van der Waals surface area contributed by atoms with Crippen molar-refractivity contribution < 1.29 is 4.79 Å². The first-order valence-electron chi connectivity index (χ1n) is 8.69. The van der Waals surface area contributed by atoms with E-state index in [-0.39, 0.29) is 18.5 Å². The molecular weight excluding hydrogens is 340 g/mol. The number of nitrogens with one attached hydrogen (secondary N) is 1. The number of carbonyl (C=O) groups is 1. The van der Waals surface area contributed by atoms with Crippen molar-refractivity contribution in [2.75, 3.05) is 6.54 Å². The fourth-order valence-electron chi connectivity index (χ4n) is 3.31. The Hall–Kier alpha value is -1.99. The van der Waals surface area contributed by atoms with Gasteiger partial charge in [-0.05, 0) is 48.2 Å². The molecule has 0 spiro atoms. The molecule has 1 heterocycles. The van der Waals surface area contributed by atoms with Crippen LogP contribution in [0.2, 0.25) is 5.02 Å². The monoisotopic (exact) mass is 362 g/mol. The molecule has 3 rings (SSSR count). The number of benzene rings is 1. The fraction of sp³-hybridized carbons (Fsp3) is 0.529. The second kappa shape index (κ2) is 8.40. The van der Waals surface area contributed by atoms with Gasteiger partial charge < -0.3 is 11.1 Å². The standard InChI is InChI=1S/C17H23ClN6O/c18-14-8-6-13(7-9-14)17-21-23-24(22-17)11-16(25)20-15(10-19)12-4-2-1-3-5-12/h6-9,12,15H,1-5,10-11,19H2,(H,20,25). The lowest BCUT2D eigenvalue weighted by Gasteiger charge is -2.29. The molecule has 1 fully saturated rings. The maximum atomic E-state index is 12.3. The van der Waals surface area contributed by atoms with E-state index < -0.39 is 0 Å². The molecule has 134 valence electrons. The Morgan fingerprint density at radius 3 is 2.68 bits per heavy atom. The molecule has 3 N–H and O–H groups in total. The van der Waals surface area contributed by atoms with Crippen LogP contribution in [-0.2, 0) is 11.3 Å². The minimum atomic E-state index is -0.138. The summed E-state index contributed by atoms with van der Waals surface area (Å²) < 4.78 is 0. The molecule has 1 aliphatic carbocycles. The van der Waals surface area contributed by atoms with Crippen molar-refractivity contribution in [2.24, 2.45) is 11.7 Å². The number of halogens is 1. The van der Waals surface area contributed by atoms with Crippen molar-refractivity contribution >= 4 is 17.5 Å². The van der Waals surface area contributed by atoms with Crippen molar-refractivity contribution in [3.8, 4) is 11.4 Å². The summed E-state index contributed by atoms with van der Waals surface area (Å²) in [6.07, 6.45) is 5.96. The van der Waals surface area contributed by atoms with Crippen LogP contribution in [0.15, 0.2) is 24.3 Å². The van der Waals surface area contributed by atoms with Gasteiger partial charge in [0.2, 0.25) is 11.7 Å². The maximum absolute atomic E-state index is 12.3. The average molecular weight is 363 g/mol. The summed E-state index contributed by atoms with van der Waals surface area (Å²) in [7, 11) is 0. The lowest BCUT2D eigenvalue weighted by atomic mass is 9.84. The molecule has 1 amide bonds. The number of nitrogens with two attached hydrogens (primary N) is 1. The molecule has 1 atom stereocenters. The molecule has 25 heavy (non-hydrogen) atoms. The third-order valence-corrected chi connectivity index (χ3v) is 4.91. The van der Waals surface area contributed by atoms with Crippen LogP contribution < -0.4 is 11.1 Å². The van der Waals surface area contributed by atoms with E-state index in [0.29, 0.717) is 23.3 Å². The third kappa shape index (κ3) is 4.76. The number of hydrogen-bond donors (Lipinski definition) is 2. The van der Waals surface area contributed by atoms with E-state index >= 15 is 0 Å². The molecule has 1 aromatic carbocycles. The van der Waals surface area contributed by atoms with Crippen LogP contribution in [0.1, 0.15) is 32.1 Å². The summed E-state index contributed by atoms with van der Waals surface area (Å²) in [5.41, 5.74) is 6.67. The highest BCUT2D eigenvalue weighted by Crippen LogP contribution is 2.26. The Balaban J connectivity index is 1.58. The van der Waals surface area contributed by atoms with Gasteiger partial charge in [-0.25, -0.2) is 0 Å². The van der Waals surface area contributed by atoms with Crippen molar-refractivity contribution in [3.63, 3.8) is 0 Å². The first-order chi connectivity index (χ1) is 12.2. The zero-order chi connectivity index (χ0) is 17.6. The van der Waals surface area contributed by atoms with E-state index in [0.717, 1.165) is 18.4 Å². The summed E-state index contributed by atoms with van der Waals surface area (Å²) in [6.45, 7) is 0.487. The molecule has 0 radical (unpaired) electrons. The number of amides is 1. The third-order valence-electron chi connectivity index (χ3n) is 4.66. The van der Waals surface area contributed by atoms with Gasteiger partial charge in [0.15, 0.2) is 0 Å². The molecule has 8 heteroatoms. The van der Waals surface area contributed by atoms with E-state index in [1.54, 1.807) is 12.1 Å². The van der Waals surface area contributed by atoms with Gasteiger partial charge in [0, 0.05) is 23.2 Å². The Bertz CT molecular complexity index is 695. The second-order valence-corrected chi connectivity index (χ2v) is 6.89. The summed E-state index contributed by atoms with van der Waals surface area (Å²) in [5, 5.41) is 15.9. The fourth-order valence-corrected chi connectivity index (χ4v) is 3.44. The zero-order valence-electron chi connectivity index (χ0n) is 14.1. The lowest BCUT2D eigenvalue weighted by Crippen LogP contribution is -2.47. The maximum Gasteiger partial charge on any atom is 0.243 e. The molecule has 0 bridgehead atoms. The highest BCUT2D eigenvalue weighted by atomic mass is 35.5. The van der Waals surface area contributed by atoms with Crippen LogP contribution in [-0.4, -0.2) is 38.7 Å². The number of aromatic nitrogens is 4. The normalized spacial score (nSPS) is 16.6. The molecule has 1 saturated carbocycles. The van der Waals surface area contributed by atoms with Crippen LogP contribution >= 0.6 is 11.6 Å². The predicted molar refractivity (Wildman–Crippen MR) is 95.8 cm³/mol. The second-order valence-electron chi connectivity index (χ2n) is 6.46. The molecule has 0 aliphatic heterocycles. The van der Waals surface area contributed by atoms with Crippen LogP contribution in [0.5, 0.6) is 0 Å². The predicted octanol–water partition coefficient (Wildman–Crippen LogP) is 2.02. The lowest BCUT2D eigenvalue weighted by molar-refractivity contribution is -0.123. The van der Waals surface area contributed by atoms with Gasteiger partial charge >= 0.3 is 0 Å². The van der Waals surface area contributed by atoms with Gasteiger partial charge in [0.1, 0.15) is 6.54 Å². The first-order valence-corrected chi connectivity index (χ1v) is 9.06. The number of carbonyl (C=O) groups excluding carboxylic acids is 1.